The number of aryl methyl sites for hydroxylation is 1. The molecule has 2 heterocycles. The van der Waals surface area contributed by atoms with Gasteiger partial charge in [-0.2, -0.15) is 5.10 Å². The van der Waals surface area contributed by atoms with E-state index in [-0.39, 0.29) is 5.91 Å². The van der Waals surface area contributed by atoms with E-state index < -0.39 is 6.10 Å². The number of anilines is 1. The molecule has 0 spiro atoms. The minimum atomic E-state index is -0.418. The van der Waals surface area contributed by atoms with Crippen LogP contribution in [0.25, 0.3) is 11.4 Å². The number of aromatic nitrogens is 3. The Morgan fingerprint density at radius 2 is 2.22 bits per heavy atom. The minimum absolute atomic E-state index is 0.107. The molecule has 7 nitrogen and oxygen atoms in total. The first-order valence-corrected chi connectivity index (χ1v) is 7.80. The number of rotatable bonds is 4. The van der Waals surface area contributed by atoms with Gasteiger partial charge in [-0.25, -0.2) is 4.98 Å². The monoisotopic (exact) mass is 315 g/mol. The first-order valence-electron chi connectivity index (χ1n) is 7.80. The summed E-state index contributed by atoms with van der Waals surface area (Å²) in [5, 5.41) is 9.83. The van der Waals surface area contributed by atoms with E-state index >= 15 is 0 Å². The maximum atomic E-state index is 12.3. The van der Waals surface area contributed by atoms with E-state index in [9.17, 15) is 4.79 Å². The second kappa shape index (κ2) is 6.89. The van der Waals surface area contributed by atoms with Crippen LogP contribution in [0.1, 0.15) is 12.7 Å². The Morgan fingerprint density at radius 3 is 2.87 bits per heavy atom. The number of hydrogen-bond acceptors (Lipinski definition) is 5. The van der Waals surface area contributed by atoms with Crippen molar-refractivity contribution in [2.75, 3.05) is 31.6 Å². The molecule has 1 atom stereocenters. The highest BCUT2D eigenvalue weighted by Gasteiger charge is 2.25. The number of H-pyrrole nitrogens is 1. The van der Waals surface area contributed by atoms with Crippen molar-refractivity contribution in [2.45, 2.75) is 20.0 Å². The van der Waals surface area contributed by atoms with E-state index in [0.717, 1.165) is 30.2 Å². The second-order valence-electron chi connectivity index (χ2n) is 5.56. The average Bonchev–Trinajstić information content (AvgIpc) is 3.02. The van der Waals surface area contributed by atoms with Gasteiger partial charge < -0.3 is 10.1 Å². The Balaban J connectivity index is 1.62. The Kier molecular flexibility index (Phi) is 4.68. The summed E-state index contributed by atoms with van der Waals surface area (Å²) < 4.78 is 5.56. The molecule has 3 rings (SSSR count). The van der Waals surface area contributed by atoms with Gasteiger partial charge in [0.15, 0.2) is 5.82 Å². The van der Waals surface area contributed by atoms with Gasteiger partial charge in [0, 0.05) is 24.3 Å². The molecule has 0 saturated carbocycles. The summed E-state index contributed by atoms with van der Waals surface area (Å²) in [4.78, 5) is 18.8. The minimum Gasteiger partial charge on any atom is -0.366 e. The molecule has 1 amide bonds. The van der Waals surface area contributed by atoms with Gasteiger partial charge in [-0.3, -0.25) is 14.8 Å². The molecule has 0 unspecified atom stereocenters. The SMILES string of the molecule is CCN1CCO[C@H](C(=O)Nc2ccc(-c3n[nH]c(C)n3)cc2)C1. The number of benzene rings is 1. The summed E-state index contributed by atoms with van der Waals surface area (Å²) in [5.41, 5.74) is 1.64. The maximum absolute atomic E-state index is 12.3. The molecule has 0 aliphatic carbocycles. The number of nitrogens with one attached hydrogen (secondary N) is 2. The fraction of sp³-hybridized carbons (Fsp3) is 0.438. The summed E-state index contributed by atoms with van der Waals surface area (Å²) in [7, 11) is 0. The predicted molar refractivity (Wildman–Crippen MR) is 87.0 cm³/mol. The summed E-state index contributed by atoms with van der Waals surface area (Å²) >= 11 is 0. The van der Waals surface area contributed by atoms with E-state index in [1.807, 2.05) is 31.2 Å². The quantitative estimate of drug-likeness (QED) is 0.892. The largest absolute Gasteiger partial charge is 0.366 e. The average molecular weight is 315 g/mol. The lowest BCUT2D eigenvalue weighted by Crippen LogP contribution is -2.47. The lowest BCUT2D eigenvalue weighted by Gasteiger charge is -2.31. The molecule has 0 radical (unpaired) electrons. The van der Waals surface area contributed by atoms with Gasteiger partial charge in [-0.05, 0) is 37.7 Å². The van der Waals surface area contributed by atoms with Gasteiger partial charge >= 0.3 is 0 Å². The van der Waals surface area contributed by atoms with Gasteiger partial charge in [-0.15, -0.1) is 0 Å². The molecule has 1 aliphatic heterocycles. The number of amides is 1. The highest BCUT2D eigenvalue weighted by Crippen LogP contribution is 2.18. The summed E-state index contributed by atoms with van der Waals surface area (Å²) in [6.45, 7) is 6.98. The summed E-state index contributed by atoms with van der Waals surface area (Å²) in [6, 6.07) is 7.47. The molecule has 2 N–H and O–H groups in total. The van der Waals surface area contributed by atoms with Crippen molar-refractivity contribution in [3.05, 3.63) is 30.1 Å². The first kappa shape index (κ1) is 15.6. The fourth-order valence-electron chi connectivity index (χ4n) is 2.55. The molecular weight excluding hydrogens is 294 g/mol. The van der Waals surface area contributed by atoms with Crippen molar-refractivity contribution >= 4 is 11.6 Å². The Labute approximate surface area is 135 Å². The van der Waals surface area contributed by atoms with Crippen LogP contribution in [-0.4, -0.2) is 58.3 Å². The van der Waals surface area contributed by atoms with Crippen LogP contribution in [0.4, 0.5) is 5.69 Å². The van der Waals surface area contributed by atoms with Crippen LogP contribution in [0.2, 0.25) is 0 Å². The van der Waals surface area contributed by atoms with Crippen molar-refractivity contribution in [3.63, 3.8) is 0 Å². The summed E-state index contributed by atoms with van der Waals surface area (Å²) in [5.74, 6) is 1.31. The third-order valence-electron chi connectivity index (χ3n) is 3.90. The second-order valence-corrected chi connectivity index (χ2v) is 5.56. The zero-order valence-corrected chi connectivity index (χ0v) is 13.4. The van der Waals surface area contributed by atoms with E-state index in [1.165, 1.54) is 0 Å². The van der Waals surface area contributed by atoms with Crippen molar-refractivity contribution in [1.82, 2.24) is 20.1 Å². The molecule has 1 aromatic heterocycles. The molecular formula is C16H21N5O2. The van der Waals surface area contributed by atoms with Crippen LogP contribution in [0.3, 0.4) is 0 Å². The zero-order chi connectivity index (χ0) is 16.2. The van der Waals surface area contributed by atoms with Gasteiger partial charge in [-0.1, -0.05) is 6.92 Å². The third kappa shape index (κ3) is 3.75. The van der Waals surface area contributed by atoms with Crippen LogP contribution < -0.4 is 5.32 Å². The molecule has 23 heavy (non-hydrogen) atoms. The number of carbonyl (C=O) groups is 1. The smallest absolute Gasteiger partial charge is 0.254 e. The number of hydrogen-bond donors (Lipinski definition) is 2. The molecule has 0 bridgehead atoms. The van der Waals surface area contributed by atoms with Crippen LogP contribution in [0.15, 0.2) is 24.3 Å². The molecule has 1 fully saturated rings. The van der Waals surface area contributed by atoms with Crippen LogP contribution in [0.5, 0.6) is 0 Å². The molecule has 1 saturated heterocycles. The van der Waals surface area contributed by atoms with E-state index in [4.69, 9.17) is 4.74 Å². The van der Waals surface area contributed by atoms with Gasteiger partial charge in [0.1, 0.15) is 11.9 Å². The van der Waals surface area contributed by atoms with Crippen LogP contribution in [0, 0.1) is 6.92 Å². The number of ether oxygens (including phenoxy) is 1. The van der Waals surface area contributed by atoms with Crippen LogP contribution in [-0.2, 0) is 9.53 Å². The highest BCUT2D eigenvalue weighted by atomic mass is 16.5. The lowest BCUT2D eigenvalue weighted by molar-refractivity contribution is -0.132. The van der Waals surface area contributed by atoms with Gasteiger partial charge in [0.05, 0.1) is 6.61 Å². The van der Waals surface area contributed by atoms with Crippen molar-refractivity contribution in [1.29, 1.82) is 0 Å². The third-order valence-corrected chi connectivity index (χ3v) is 3.90. The molecule has 1 aromatic carbocycles. The van der Waals surface area contributed by atoms with Gasteiger partial charge in [0.25, 0.3) is 5.91 Å². The normalized spacial score (nSPS) is 18.8. The van der Waals surface area contributed by atoms with Gasteiger partial charge in [0.2, 0.25) is 0 Å². The van der Waals surface area contributed by atoms with E-state index in [2.05, 4.69) is 32.3 Å². The molecule has 7 heteroatoms. The molecule has 2 aromatic rings. The highest BCUT2D eigenvalue weighted by molar-refractivity contribution is 5.94. The molecule has 1 aliphatic rings. The standard InChI is InChI=1S/C16H21N5O2/c1-3-21-8-9-23-14(10-21)16(22)18-13-6-4-12(5-7-13)15-17-11(2)19-20-15/h4-7,14H,3,8-10H2,1-2H3,(H,18,22)(H,17,19,20)/t14-/m0/s1. The fourth-order valence-corrected chi connectivity index (χ4v) is 2.55. The number of nitrogens with zero attached hydrogens (tertiary/aromatic N) is 3. The summed E-state index contributed by atoms with van der Waals surface area (Å²) in [6.07, 6.45) is -0.418. The lowest BCUT2D eigenvalue weighted by atomic mass is 10.2. The zero-order valence-electron chi connectivity index (χ0n) is 13.4. The van der Waals surface area contributed by atoms with Crippen molar-refractivity contribution < 1.29 is 9.53 Å². The maximum Gasteiger partial charge on any atom is 0.254 e. The number of aromatic amines is 1. The first-order chi connectivity index (χ1) is 11.2. The number of carbonyl (C=O) groups excluding carboxylic acids is 1. The number of likely N-dealkylation sites (N-methyl/N-ethyl adjacent to an activating group) is 1. The predicted octanol–water partition coefficient (Wildman–Crippen LogP) is 1.44. The topological polar surface area (TPSA) is 83.1 Å². The van der Waals surface area contributed by atoms with Crippen LogP contribution >= 0.6 is 0 Å². The Hall–Kier alpha value is -2.25. The number of morpholine rings is 1. The molecule has 122 valence electrons. The Bertz CT molecular complexity index is 667. The van der Waals surface area contributed by atoms with Crippen molar-refractivity contribution in [2.24, 2.45) is 0 Å². The van der Waals surface area contributed by atoms with Crippen molar-refractivity contribution in [3.8, 4) is 11.4 Å². The Morgan fingerprint density at radius 1 is 1.43 bits per heavy atom. The van der Waals surface area contributed by atoms with E-state index in [0.29, 0.717) is 19.0 Å². The van der Waals surface area contributed by atoms with E-state index in [1.54, 1.807) is 0 Å².